The van der Waals surface area contributed by atoms with Crippen molar-refractivity contribution in [1.82, 2.24) is 15.3 Å². The number of rotatable bonds is 9. The van der Waals surface area contributed by atoms with E-state index < -0.39 is 11.7 Å². The minimum Gasteiger partial charge on any atom is -0.356 e. The molecule has 180 valence electrons. The van der Waals surface area contributed by atoms with E-state index in [0.29, 0.717) is 18.4 Å². The smallest absolute Gasteiger partial charge is 0.356 e. The zero-order valence-corrected chi connectivity index (χ0v) is 19.4. The van der Waals surface area contributed by atoms with Gasteiger partial charge in [-0.3, -0.25) is 4.79 Å². The first-order valence-electron chi connectivity index (χ1n) is 11.5. The van der Waals surface area contributed by atoms with Crippen LogP contribution in [0.2, 0.25) is 0 Å². The monoisotopic (exact) mass is 463 g/mol. The van der Waals surface area contributed by atoms with Gasteiger partial charge >= 0.3 is 6.18 Å². The van der Waals surface area contributed by atoms with Crippen LogP contribution in [0.5, 0.6) is 0 Å². The van der Waals surface area contributed by atoms with Crippen molar-refractivity contribution in [2.75, 3.05) is 23.3 Å². The maximum atomic E-state index is 13.1. The number of nitrogens with zero attached hydrogens (tertiary/aromatic N) is 3. The number of carbonyl (C=O) groups is 1. The second kappa shape index (κ2) is 10.9. The van der Waals surface area contributed by atoms with Gasteiger partial charge in [0.2, 0.25) is 5.91 Å². The molecule has 2 atom stereocenters. The molecule has 0 bridgehead atoms. The first-order valence-corrected chi connectivity index (χ1v) is 11.5. The molecule has 0 aromatic carbocycles. The zero-order valence-electron chi connectivity index (χ0n) is 19.4. The average molecular weight is 464 g/mol. The highest BCUT2D eigenvalue weighted by molar-refractivity contribution is 5.72. The van der Waals surface area contributed by atoms with Gasteiger partial charge in [-0.05, 0) is 68.4 Å². The highest BCUT2D eigenvalue weighted by atomic mass is 19.4. The predicted octanol–water partition coefficient (Wildman–Crippen LogP) is 5.64. The maximum absolute atomic E-state index is 13.1. The normalized spacial score (nSPS) is 17.2. The van der Waals surface area contributed by atoms with Gasteiger partial charge in [0.15, 0.2) is 0 Å². The lowest BCUT2D eigenvalue weighted by molar-refractivity contribution is -0.137. The van der Waals surface area contributed by atoms with Crippen molar-refractivity contribution in [2.45, 2.75) is 71.0 Å². The SMILES string of the molecule is CCCC(CCNC(C)=O)c1cc(Nc2cc(C(F)(F)F)ccn2)nc(N2CCC[C@H]2C)c1. The van der Waals surface area contributed by atoms with E-state index in [1.165, 1.54) is 6.92 Å². The molecule has 0 spiro atoms. The number of halogens is 3. The van der Waals surface area contributed by atoms with E-state index in [0.717, 1.165) is 68.4 Å². The molecule has 6 nitrogen and oxygen atoms in total. The molecule has 1 aliphatic heterocycles. The standard InChI is InChI=1S/C24H32F3N5O/c1-4-6-18(8-10-28-17(3)33)19-13-22(31-23(14-19)32-12-5-7-16(32)2)30-21-15-20(9-11-29-21)24(25,26)27/h9,11,13-16,18H,4-8,10,12H2,1-3H3,(H,28,33)(H,29,30,31)/t16-,18?/m1/s1. The van der Waals surface area contributed by atoms with Crippen molar-refractivity contribution in [3.8, 4) is 0 Å². The van der Waals surface area contributed by atoms with Crippen LogP contribution in [0.3, 0.4) is 0 Å². The third-order valence-electron chi connectivity index (χ3n) is 6.00. The molecule has 2 aromatic rings. The molecule has 0 saturated carbocycles. The fraction of sp³-hybridized carbons (Fsp3) is 0.542. The molecule has 2 N–H and O–H groups in total. The molecule has 1 aliphatic rings. The third kappa shape index (κ3) is 6.82. The van der Waals surface area contributed by atoms with Crippen LogP contribution in [0.15, 0.2) is 30.5 Å². The summed E-state index contributed by atoms with van der Waals surface area (Å²) in [5.74, 6) is 1.50. The summed E-state index contributed by atoms with van der Waals surface area (Å²) in [6, 6.07) is 6.26. The molecular formula is C24H32F3N5O. The molecule has 33 heavy (non-hydrogen) atoms. The van der Waals surface area contributed by atoms with Gasteiger partial charge < -0.3 is 15.5 Å². The Morgan fingerprint density at radius 3 is 2.67 bits per heavy atom. The highest BCUT2D eigenvalue weighted by Gasteiger charge is 2.31. The first-order chi connectivity index (χ1) is 15.7. The number of alkyl halides is 3. The largest absolute Gasteiger partial charge is 0.416 e. The Morgan fingerprint density at radius 2 is 2.03 bits per heavy atom. The van der Waals surface area contributed by atoms with Gasteiger partial charge in [-0.1, -0.05) is 13.3 Å². The van der Waals surface area contributed by atoms with Gasteiger partial charge in [0.25, 0.3) is 0 Å². The minimum absolute atomic E-state index is 0.0652. The highest BCUT2D eigenvalue weighted by Crippen LogP contribution is 2.34. The summed E-state index contributed by atoms with van der Waals surface area (Å²) in [5.41, 5.74) is 0.296. The van der Waals surface area contributed by atoms with E-state index in [2.05, 4.69) is 40.4 Å². The van der Waals surface area contributed by atoms with E-state index in [4.69, 9.17) is 4.98 Å². The molecule has 1 fully saturated rings. The van der Waals surface area contributed by atoms with Crippen molar-refractivity contribution in [1.29, 1.82) is 0 Å². The van der Waals surface area contributed by atoms with Crippen LogP contribution in [-0.4, -0.2) is 35.0 Å². The lowest BCUT2D eigenvalue weighted by Crippen LogP contribution is -2.27. The molecule has 3 rings (SSSR count). The molecular weight excluding hydrogens is 431 g/mol. The summed E-state index contributed by atoms with van der Waals surface area (Å²) in [6.07, 6.45) is 1.52. The lowest BCUT2D eigenvalue weighted by Gasteiger charge is -2.26. The predicted molar refractivity (Wildman–Crippen MR) is 124 cm³/mol. The molecule has 1 unspecified atom stereocenters. The van der Waals surface area contributed by atoms with Crippen molar-refractivity contribution < 1.29 is 18.0 Å². The Kier molecular flexibility index (Phi) is 8.15. The van der Waals surface area contributed by atoms with Gasteiger partial charge in [-0.15, -0.1) is 0 Å². The third-order valence-corrected chi connectivity index (χ3v) is 6.00. The van der Waals surface area contributed by atoms with Crippen molar-refractivity contribution >= 4 is 23.4 Å². The number of hydrogen-bond acceptors (Lipinski definition) is 5. The molecule has 0 radical (unpaired) electrons. The number of nitrogens with one attached hydrogen (secondary N) is 2. The molecule has 1 saturated heterocycles. The number of aromatic nitrogens is 2. The van der Waals surface area contributed by atoms with Gasteiger partial charge in [0.05, 0.1) is 5.56 Å². The van der Waals surface area contributed by atoms with Crippen LogP contribution >= 0.6 is 0 Å². The summed E-state index contributed by atoms with van der Waals surface area (Å²) >= 11 is 0. The maximum Gasteiger partial charge on any atom is 0.416 e. The topological polar surface area (TPSA) is 70.1 Å². The average Bonchev–Trinajstić information content (AvgIpc) is 3.18. The number of pyridine rings is 2. The molecule has 3 heterocycles. The molecule has 2 aromatic heterocycles. The quantitative estimate of drug-likeness (QED) is 0.504. The Hall–Kier alpha value is -2.84. The van der Waals surface area contributed by atoms with Gasteiger partial charge in [-0.2, -0.15) is 13.2 Å². The van der Waals surface area contributed by atoms with Crippen LogP contribution in [0.25, 0.3) is 0 Å². The minimum atomic E-state index is -4.44. The van der Waals surface area contributed by atoms with E-state index in [1.54, 1.807) is 0 Å². The summed E-state index contributed by atoms with van der Waals surface area (Å²) in [4.78, 5) is 22.3. The van der Waals surface area contributed by atoms with Crippen molar-refractivity contribution in [2.24, 2.45) is 0 Å². The van der Waals surface area contributed by atoms with Crippen molar-refractivity contribution in [3.05, 3.63) is 41.6 Å². The van der Waals surface area contributed by atoms with Crippen molar-refractivity contribution in [3.63, 3.8) is 0 Å². The summed E-state index contributed by atoms with van der Waals surface area (Å²) in [6.45, 7) is 7.22. The Bertz CT molecular complexity index is 950. The second-order valence-electron chi connectivity index (χ2n) is 8.64. The van der Waals surface area contributed by atoms with Gasteiger partial charge in [0.1, 0.15) is 17.5 Å². The Morgan fingerprint density at radius 1 is 1.24 bits per heavy atom. The first kappa shape index (κ1) is 24.8. The van der Waals surface area contributed by atoms with Crippen LogP contribution in [0.4, 0.5) is 30.6 Å². The van der Waals surface area contributed by atoms with Gasteiger partial charge in [-0.25, -0.2) is 9.97 Å². The number of hydrogen-bond donors (Lipinski definition) is 2. The Labute approximate surface area is 193 Å². The van der Waals surface area contributed by atoms with Gasteiger partial charge in [0, 0.05) is 32.3 Å². The fourth-order valence-corrected chi connectivity index (χ4v) is 4.31. The van der Waals surface area contributed by atoms with E-state index in [1.807, 2.05) is 6.07 Å². The number of amides is 1. The number of anilines is 3. The summed E-state index contributed by atoms with van der Waals surface area (Å²) < 4.78 is 39.4. The van der Waals surface area contributed by atoms with E-state index >= 15 is 0 Å². The van der Waals surface area contributed by atoms with Crippen LogP contribution in [-0.2, 0) is 11.0 Å². The van der Waals surface area contributed by atoms with Crippen LogP contribution in [0, 0.1) is 0 Å². The molecule has 0 aliphatic carbocycles. The van der Waals surface area contributed by atoms with E-state index in [-0.39, 0.29) is 17.6 Å². The van der Waals surface area contributed by atoms with Crippen LogP contribution < -0.4 is 15.5 Å². The van der Waals surface area contributed by atoms with E-state index in [9.17, 15) is 18.0 Å². The lowest BCUT2D eigenvalue weighted by atomic mass is 9.91. The molecule has 1 amide bonds. The summed E-state index contributed by atoms with van der Waals surface area (Å²) in [5, 5.41) is 5.85. The zero-order chi connectivity index (χ0) is 24.0. The number of carbonyl (C=O) groups excluding carboxylic acids is 1. The van der Waals surface area contributed by atoms with Crippen LogP contribution in [0.1, 0.15) is 69.9 Å². The summed E-state index contributed by atoms with van der Waals surface area (Å²) in [7, 11) is 0. The second-order valence-corrected chi connectivity index (χ2v) is 8.64. The Balaban J connectivity index is 1.94. The fourth-order valence-electron chi connectivity index (χ4n) is 4.31. The molecule has 9 heteroatoms.